The van der Waals surface area contributed by atoms with Crippen LogP contribution in [0.4, 0.5) is 0 Å². The molecule has 4 unspecified atom stereocenters. The third kappa shape index (κ3) is 4.16. The molecule has 2 fully saturated rings. The highest BCUT2D eigenvalue weighted by Crippen LogP contribution is 2.67. The first kappa shape index (κ1) is 28.1. The van der Waals surface area contributed by atoms with Crippen LogP contribution in [0, 0.1) is 34.0 Å². The first-order valence-electron chi connectivity index (χ1n) is 14.2. The summed E-state index contributed by atoms with van der Waals surface area (Å²) in [5, 5.41) is 32.3. The number of fused-ring (bicyclic) bond motifs is 4. The number of carbonyl (C=O) groups is 1. The zero-order valence-electron chi connectivity index (χ0n) is 24.0. The summed E-state index contributed by atoms with van der Waals surface area (Å²) in [6.45, 7) is 7.91. The second kappa shape index (κ2) is 9.79. The average Bonchev–Trinajstić information content (AvgIpc) is 2.96. The van der Waals surface area contributed by atoms with E-state index in [1.165, 1.54) is 0 Å². The maximum absolute atomic E-state index is 13.5. The van der Waals surface area contributed by atoms with E-state index in [-0.39, 0.29) is 28.6 Å². The van der Waals surface area contributed by atoms with E-state index in [0.717, 1.165) is 0 Å². The lowest BCUT2D eigenvalue weighted by atomic mass is 9.43. The summed E-state index contributed by atoms with van der Waals surface area (Å²) >= 11 is 0. The van der Waals surface area contributed by atoms with Crippen LogP contribution in [-0.4, -0.2) is 39.0 Å². The van der Waals surface area contributed by atoms with Gasteiger partial charge in [-0.3, -0.25) is 4.98 Å². The molecule has 0 amide bonds. The summed E-state index contributed by atoms with van der Waals surface area (Å²) in [5.41, 5.74) is -1.75. The van der Waals surface area contributed by atoms with E-state index in [0.29, 0.717) is 30.4 Å². The van der Waals surface area contributed by atoms with Crippen molar-refractivity contribution in [3.8, 4) is 23.1 Å². The zero-order valence-corrected chi connectivity index (χ0v) is 24.0. The molecule has 7 atom stereocenters. The SMILES string of the molecule is CC12CC[C@H](O)C(C)(C)C1C[C@H](OC(=O)c1ccc(C#N)cc1)[C@@]1(C)Oc3cc(-c4cccnc4)oc(=O)c3C(O)C21. The molecule has 0 bridgehead atoms. The van der Waals surface area contributed by atoms with Crippen LogP contribution < -0.4 is 10.4 Å². The molecule has 1 aromatic carbocycles. The van der Waals surface area contributed by atoms with Gasteiger partial charge in [-0.1, -0.05) is 20.8 Å². The van der Waals surface area contributed by atoms with E-state index < -0.39 is 52.3 Å². The number of hydrogen-bond acceptors (Lipinski definition) is 9. The smallest absolute Gasteiger partial charge is 0.345 e. The average molecular weight is 571 g/mol. The highest BCUT2D eigenvalue weighted by molar-refractivity contribution is 5.89. The number of nitriles is 1. The van der Waals surface area contributed by atoms with E-state index in [9.17, 15) is 19.8 Å². The Hall–Kier alpha value is -4.00. The van der Waals surface area contributed by atoms with Gasteiger partial charge >= 0.3 is 11.6 Å². The second-order valence-corrected chi connectivity index (χ2v) is 12.9. The molecule has 2 aliphatic carbocycles. The number of carbonyl (C=O) groups excluding carboxylic acids is 1. The Bertz CT molecular complexity index is 1630. The molecule has 0 saturated heterocycles. The topological polar surface area (TPSA) is 143 Å². The van der Waals surface area contributed by atoms with Crippen LogP contribution >= 0.6 is 0 Å². The predicted octanol–water partition coefficient (Wildman–Crippen LogP) is 4.81. The third-order valence-corrected chi connectivity index (χ3v) is 10.3. The maximum Gasteiger partial charge on any atom is 0.345 e. The van der Waals surface area contributed by atoms with Gasteiger partial charge in [0.25, 0.3) is 0 Å². The maximum atomic E-state index is 13.5. The Morgan fingerprint density at radius 1 is 1.14 bits per heavy atom. The van der Waals surface area contributed by atoms with E-state index >= 15 is 0 Å². The second-order valence-electron chi connectivity index (χ2n) is 12.9. The molecular weight excluding hydrogens is 536 g/mol. The van der Waals surface area contributed by atoms with Crippen LogP contribution in [0.3, 0.4) is 0 Å². The highest BCUT2D eigenvalue weighted by Gasteiger charge is 2.69. The zero-order chi connectivity index (χ0) is 30.0. The van der Waals surface area contributed by atoms with Crippen molar-refractivity contribution in [1.82, 2.24) is 4.98 Å². The lowest BCUT2D eigenvalue weighted by molar-refractivity contribution is -0.256. The van der Waals surface area contributed by atoms with Gasteiger partial charge in [-0.05, 0) is 79.3 Å². The van der Waals surface area contributed by atoms with Crippen LogP contribution in [0.5, 0.6) is 5.75 Å². The number of rotatable bonds is 3. The number of nitrogens with zero attached hydrogens (tertiary/aromatic N) is 2. The normalized spacial score (nSPS) is 32.7. The summed E-state index contributed by atoms with van der Waals surface area (Å²) in [5.74, 6) is -1.00. The molecule has 0 spiro atoms. The number of hydrogen-bond donors (Lipinski definition) is 2. The molecule has 6 rings (SSSR count). The predicted molar refractivity (Wildman–Crippen MR) is 151 cm³/mol. The quantitative estimate of drug-likeness (QED) is 0.424. The lowest BCUT2D eigenvalue weighted by Gasteiger charge is -2.66. The molecule has 2 saturated carbocycles. The number of esters is 1. The van der Waals surface area contributed by atoms with Crippen LogP contribution in [0.25, 0.3) is 11.3 Å². The summed E-state index contributed by atoms with van der Waals surface area (Å²) < 4.78 is 18.6. The van der Waals surface area contributed by atoms with Crippen molar-refractivity contribution in [2.75, 3.05) is 0 Å². The molecule has 2 N–H and O–H groups in total. The van der Waals surface area contributed by atoms with Crippen molar-refractivity contribution in [1.29, 1.82) is 5.26 Å². The van der Waals surface area contributed by atoms with Crippen molar-refractivity contribution in [2.24, 2.45) is 22.7 Å². The van der Waals surface area contributed by atoms with Crippen LogP contribution in [0.15, 0.2) is 64.1 Å². The molecule has 218 valence electrons. The van der Waals surface area contributed by atoms with E-state index in [1.54, 1.807) is 54.9 Å². The van der Waals surface area contributed by atoms with Crippen LogP contribution in [0.2, 0.25) is 0 Å². The molecule has 0 radical (unpaired) electrons. The van der Waals surface area contributed by atoms with Gasteiger partial charge in [-0.25, -0.2) is 9.59 Å². The lowest BCUT2D eigenvalue weighted by Crippen LogP contribution is -2.70. The molecule has 9 heteroatoms. The molecule has 2 aromatic heterocycles. The summed E-state index contributed by atoms with van der Waals surface area (Å²) in [6.07, 6.45) is 1.99. The van der Waals surface area contributed by atoms with E-state index in [1.807, 2.05) is 26.8 Å². The number of pyridine rings is 1. The fourth-order valence-corrected chi connectivity index (χ4v) is 8.06. The van der Waals surface area contributed by atoms with Gasteiger partial charge in [0.1, 0.15) is 28.8 Å². The molecule has 9 nitrogen and oxygen atoms in total. The van der Waals surface area contributed by atoms with E-state index in [4.69, 9.17) is 19.2 Å². The van der Waals surface area contributed by atoms with Gasteiger partial charge in [0.2, 0.25) is 0 Å². The summed E-state index contributed by atoms with van der Waals surface area (Å²) in [6, 6.07) is 13.3. The van der Waals surface area contributed by atoms with Crippen molar-refractivity contribution in [2.45, 2.75) is 70.9 Å². The van der Waals surface area contributed by atoms with Gasteiger partial charge in [-0.15, -0.1) is 0 Å². The standard InChI is InChI=1S/C33H34N2O7/c1-31(2)23-15-25(41-29(38)19-9-7-18(16-34)8-10-19)33(4)28(32(23,3)12-11-24(31)36)27(37)26-22(42-33)14-21(40-30(26)39)20-6-5-13-35-17-20/h5-10,13-14,17,23-25,27-28,36-37H,11-12,15H2,1-4H3/t23?,24-,25-,27?,28?,32?,33+/m0/s1. The number of benzene rings is 1. The minimum absolute atomic E-state index is 0.0353. The number of aromatic nitrogens is 1. The molecule has 3 aliphatic rings. The van der Waals surface area contributed by atoms with E-state index in [2.05, 4.69) is 11.9 Å². The minimum Gasteiger partial charge on any atom is -0.482 e. The monoisotopic (exact) mass is 570 g/mol. The summed E-state index contributed by atoms with van der Waals surface area (Å²) in [7, 11) is 0. The Kier molecular flexibility index (Phi) is 6.56. The minimum atomic E-state index is -1.27. The Labute approximate surface area is 243 Å². The van der Waals surface area contributed by atoms with Gasteiger partial charge in [0.05, 0.1) is 29.4 Å². The van der Waals surface area contributed by atoms with Crippen molar-refractivity contribution >= 4 is 5.97 Å². The van der Waals surface area contributed by atoms with Gasteiger partial charge < -0.3 is 24.1 Å². The van der Waals surface area contributed by atoms with Crippen LogP contribution in [-0.2, 0) is 4.74 Å². The number of aliphatic hydroxyl groups is 2. The first-order chi connectivity index (χ1) is 19.9. The molecule has 3 aromatic rings. The third-order valence-electron chi connectivity index (χ3n) is 10.3. The molecular formula is C33H34N2O7. The largest absolute Gasteiger partial charge is 0.482 e. The Balaban J connectivity index is 1.47. The molecule has 42 heavy (non-hydrogen) atoms. The van der Waals surface area contributed by atoms with Gasteiger partial charge in [0.15, 0.2) is 0 Å². The van der Waals surface area contributed by atoms with Gasteiger partial charge in [-0.2, -0.15) is 5.26 Å². The molecule has 3 heterocycles. The van der Waals surface area contributed by atoms with Crippen molar-refractivity contribution in [3.63, 3.8) is 0 Å². The number of aliphatic hydroxyl groups excluding tert-OH is 2. The first-order valence-corrected chi connectivity index (χ1v) is 14.2. The fraction of sp³-hybridized carbons (Fsp3) is 0.455. The van der Waals surface area contributed by atoms with Crippen molar-refractivity contribution in [3.05, 3.63) is 82.0 Å². The highest BCUT2D eigenvalue weighted by atomic mass is 16.6. The van der Waals surface area contributed by atoms with Crippen LogP contribution in [0.1, 0.15) is 74.5 Å². The molecule has 1 aliphatic heterocycles. The van der Waals surface area contributed by atoms with Gasteiger partial charge in [0, 0.05) is 29.9 Å². The Morgan fingerprint density at radius 2 is 1.88 bits per heavy atom. The van der Waals surface area contributed by atoms with Crippen molar-refractivity contribution < 1.29 is 28.9 Å². The Morgan fingerprint density at radius 3 is 2.55 bits per heavy atom. The summed E-state index contributed by atoms with van der Waals surface area (Å²) in [4.78, 5) is 31.0. The fourth-order valence-electron chi connectivity index (χ4n) is 8.06. The number of ether oxygens (including phenoxy) is 2.